The molecule has 0 aromatic carbocycles. The van der Waals surface area contributed by atoms with Crippen LogP contribution in [0, 0.1) is 0 Å². The number of piperidine rings is 1. The molecule has 3 amide bonds. The van der Waals surface area contributed by atoms with E-state index in [1.165, 1.54) is 0 Å². The van der Waals surface area contributed by atoms with Crippen LogP contribution in [0.15, 0.2) is 6.07 Å². The summed E-state index contributed by atoms with van der Waals surface area (Å²) in [5.41, 5.74) is 1.63. The zero-order chi connectivity index (χ0) is 19.5. The number of rotatable bonds is 4. The van der Waals surface area contributed by atoms with Crippen molar-refractivity contribution in [3.63, 3.8) is 0 Å². The van der Waals surface area contributed by atoms with E-state index in [0.717, 1.165) is 70.5 Å². The summed E-state index contributed by atoms with van der Waals surface area (Å²) in [5, 5.41) is 4.78. The van der Waals surface area contributed by atoms with Crippen LogP contribution in [-0.4, -0.2) is 89.4 Å². The highest BCUT2D eigenvalue weighted by atomic mass is 16.5. The van der Waals surface area contributed by atoms with E-state index in [1.54, 1.807) is 7.11 Å². The highest BCUT2D eigenvalue weighted by Gasteiger charge is 2.32. The van der Waals surface area contributed by atoms with Crippen LogP contribution < -0.4 is 0 Å². The molecule has 4 heterocycles. The maximum Gasteiger partial charge on any atom is 0.320 e. The van der Waals surface area contributed by atoms with Gasteiger partial charge in [0.2, 0.25) is 0 Å². The van der Waals surface area contributed by atoms with E-state index in [-0.39, 0.29) is 17.9 Å². The minimum absolute atomic E-state index is 0.0362. The quantitative estimate of drug-likeness (QED) is 0.787. The molecule has 154 valence electrons. The zero-order valence-corrected chi connectivity index (χ0v) is 16.8. The van der Waals surface area contributed by atoms with Gasteiger partial charge in [0.05, 0.1) is 12.3 Å². The van der Waals surface area contributed by atoms with Gasteiger partial charge in [0.25, 0.3) is 5.91 Å². The predicted octanol–water partition coefficient (Wildman–Crippen LogP) is 1.77. The van der Waals surface area contributed by atoms with E-state index in [2.05, 4.69) is 0 Å². The molecule has 8 nitrogen and oxygen atoms in total. The largest absolute Gasteiger partial charge is 0.383 e. The first-order valence-corrected chi connectivity index (χ1v) is 10.6. The summed E-state index contributed by atoms with van der Waals surface area (Å²) in [6, 6.07) is 2.13. The van der Waals surface area contributed by atoms with Crippen molar-refractivity contribution in [3.05, 3.63) is 17.5 Å². The SMILES string of the molecule is COCCN1CCCn2nc(C3CCCN(C(=O)N4CCCC4)C3)cc2C1=O. The zero-order valence-electron chi connectivity index (χ0n) is 16.8. The van der Waals surface area contributed by atoms with Crippen molar-refractivity contribution in [1.29, 1.82) is 0 Å². The Balaban J connectivity index is 1.47. The third-order valence-electron chi connectivity index (χ3n) is 6.16. The van der Waals surface area contributed by atoms with Crippen LogP contribution in [0.5, 0.6) is 0 Å². The van der Waals surface area contributed by atoms with Crippen molar-refractivity contribution in [2.45, 2.75) is 44.6 Å². The molecular weight excluding hydrogens is 358 g/mol. The summed E-state index contributed by atoms with van der Waals surface area (Å²) in [4.78, 5) is 31.5. The number of carbonyl (C=O) groups excluding carboxylic acids is 2. The van der Waals surface area contributed by atoms with Crippen molar-refractivity contribution < 1.29 is 14.3 Å². The Bertz CT molecular complexity index is 713. The molecule has 0 bridgehead atoms. The average molecular weight is 390 g/mol. The maximum absolute atomic E-state index is 12.9. The molecule has 1 aromatic rings. The molecule has 2 fully saturated rings. The second-order valence-corrected chi connectivity index (χ2v) is 8.08. The molecule has 0 saturated carbocycles. The fourth-order valence-electron chi connectivity index (χ4n) is 4.57. The first kappa shape index (κ1) is 19.2. The topological polar surface area (TPSA) is 70.9 Å². The molecule has 3 aliphatic rings. The van der Waals surface area contributed by atoms with Crippen molar-refractivity contribution >= 4 is 11.9 Å². The average Bonchev–Trinajstić information content (AvgIpc) is 3.37. The van der Waals surface area contributed by atoms with Crippen LogP contribution in [0.2, 0.25) is 0 Å². The molecule has 2 saturated heterocycles. The van der Waals surface area contributed by atoms with E-state index in [1.807, 2.05) is 25.4 Å². The lowest BCUT2D eigenvalue weighted by Crippen LogP contribution is -2.46. The number of hydrogen-bond donors (Lipinski definition) is 0. The lowest BCUT2D eigenvalue weighted by atomic mass is 9.95. The Kier molecular flexibility index (Phi) is 5.85. The monoisotopic (exact) mass is 389 g/mol. The second kappa shape index (κ2) is 8.51. The molecule has 0 N–H and O–H groups in total. The molecule has 0 aliphatic carbocycles. The summed E-state index contributed by atoms with van der Waals surface area (Å²) in [5.74, 6) is 0.245. The Hall–Kier alpha value is -2.09. The van der Waals surface area contributed by atoms with Gasteiger partial charge in [-0.05, 0) is 38.2 Å². The molecule has 4 rings (SSSR count). The molecule has 0 radical (unpaired) electrons. The second-order valence-electron chi connectivity index (χ2n) is 8.08. The fourth-order valence-corrected chi connectivity index (χ4v) is 4.57. The number of fused-ring (bicyclic) bond motifs is 1. The van der Waals surface area contributed by atoms with Gasteiger partial charge in [-0.2, -0.15) is 5.10 Å². The third-order valence-corrected chi connectivity index (χ3v) is 6.16. The van der Waals surface area contributed by atoms with Crippen LogP contribution in [0.4, 0.5) is 4.79 Å². The van der Waals surface area contributed by atoms with Gasteiger partial charge in [0.15, 0.2) is 0 Å². The number of aryl methyl sites for hydroxylation is 1. The summed E-state index contributed by atoms with van der Waals surface area (Å²) < 4.78 is 7.01. The smallest absolute Gasteiger partial charge is 0.320 e. The first-order valence-electron chi connectivity index (χ1n) is 10.6. The number of urea groups is 1. The molecule has 1 unspecified atom stereocenters. The van der Waals surface area contributed by atoms with E-state index in [9.17, 15) is 9.59 Å². The van der Waals surface area contributed by atoms with E-state index < -0.39 is 0 Å². The maximum atomic E-state index is 12.9. The minimum atomic E-state index is 0.0362. The number of aromatic nitrogens is 2. The highest BCUT2D eigenvalue weighted by Crippen LogP contribution is 2.28. The molecule has 3 aliphatic heterocycles. The van der Waals surface area contributed by atoms with Gasteiger partial charge in [-0.25, -0.2) is 4.79 Å². The summed E-state index contributed by atoms with van der Waals surface area (Å²) in [6.45, 7) is 5.93. The van der Waals surface area contributed by atoms with Gasteiger partial charge < -0.3 is 19.4 Å². The van der Waals surface area contributed by atoms with Crippen LogP contribution in [0.3, 0.4) is 0 Å². The normalized spacial score (nSPS) is 23.1. The van der Waals surface area contributed by atoms with Crippen molar-refractivity contribution in [3.8, 4) is 0 Å². The number of methoxy groups -OCH3 is 1. The highest BCUT2D eigenvalue weighted by molar-refractivity contribution is 5.93. The van der Waals surface area contributed by atoms with Crippen LogP contribution in [0.1, 0.15) is 54.2 Å². The van der Waals surface area contributed by atoms with Gasteiger partial charge in [0, 0.05) is 58.8 Å². The Morgan fingerprint density at radius 2 is 1.89 bits per heavy atom. The van der Waals surface area contributed by atoms with Gasteiger partial charge >= 0.3 is 6.03 Å². The fraction of sp³-hybridized carbons (Fsp3) is 0.750. The Labute approximate surface area is 166 Å². The number of nitrogens with zero attached hydrogens (tertiary/aromatic N) is 5. The van der Waals surface area contributed by atoms with Crippen molar-refractivity contribution in [1.82, 2.24) is 24.5 Å². The van der Waals surface area contributed by atoms with Crippen LogP contribution in [-0.2, 0) is 11.3 Å². The van der Waals surface area contributed by atoms with Gasteiger partial charge in [-0.1, -0.05) is 0 Å². The summed E-state index contributed by atoms with van der Waals surface area (Å²) in [7, 11) is 1.66. The molecule has 0 spiro atoms. The number of hydrogen-bond acceptors (Lipinski definition) is 4. The molecular formula is C20H31N5O3. The van der Waals surface area contributed by atoms with Crippen LogP contribution >= 0.6 is 0 Å². The van der Waals surface area contributed by atoms with Gasteiger partial charge in [-0.15, -0.1) is 0 Å². The molecule has 28 heavy (non-hydrogen) atoms. The molecule has 8 heteroatoms. The van der Waals surface area contributed by atoms with Crippen LogP contribution in [0.25, 0.3) is 0 Å². The number of amides is 3. The molecule has 1 atom stereocenters. The van der Waals surface area contributed by atoms with E-state index in [0.29, 0.717) is 25.4 Å². The molecule has 1 aromatic heterocycles. The van der Waals surface area contributed by atoms with Gasteiger partial charge in [-0.3, -0.25) is 9.48 Å². The van der Waals surface area contributed by atoms with Crippen molar-refractivity contribution in [2.75, 3.05) is 53.0 Å². The lowest BCUT2D eigenvalue weighted by molar-refractivity contribution is 0.0698. The first-order chi connectivity index (χ1) is 13.7. The third kappa shape index (κ3) is 3.87. The number of likely N-dealkylation sites (tertiary alicyclic amines) is 2. The Morgan fingerprint density at radius 1 is 1.11 bits per heavy atom. The standard InChI is InChI=1S/C20H31N5O3/c1-28-13-12-22-10-5-11-25-18(19(22)26)14-17(21-25)16-6-4-9-24(15-16)20(27)23-7-2-3-8-23/h14,16H,2-13,15H2,1H3. The van der Waals surface area contributed by atoms with E-state index in [4.69, 9.17) is 9.84 Å². The predicted molar refractivity (Wildman–Crippen MR) is 104 cm³/mol. The summed E-state index contributed by atoms with van der Waals surface area (Å²) >= 11 is 0. The van der Waals surface area contributed by atoms with Gasteiger partial charge in [0.1, 0.15) is 5.69 Å². The summed E-state index contributed by atoms with van der Waals surface area (Å²) in [6.07, 6.45) is 5.12. The number of ether oxygens (including phenoxy) is 1. The number of carbonyl (C=O) groups is 2. The minimum Gasteiger partial charge on any atom is -0.383 e. The van der Waals surface area contributed by atoms with E-state index >= 15 is 0 Å². The Morgan fingerprint density at radius 3 is 2.68 bits per heavy atom. The lowest BCUT2D eigenvalue weighted by Gasteiger charge is -2.34. The van der Waals surface area contributed by atoms with Crippen molar-refractivity contribution in [2.24, 2.45) is 0 Å².